The number of amides is 2. The van der Waals surface area contributed by atoms with Crippen molar-refractivity contribution in [2.24, 2.45) is 5.92 Å². The average molecular weight is 559 g/mol. The number of nitrogens with zero attached hydrogens (tertiary/aromatic N) is 3. The molecule has 1 heterocycles. The van der Waals surface area contributed by atoms with Gasteiger partial charge in [0.25, 0.3) is 0 Å². The van der Waals surface area contributed by atoms with Crippen molar-refractivity contribution in [3.05, 3.63) is 48.0 Å². The minimum Gasteiger partial charge on any atom is -0.497 e. The van der Waals surface area contributed by atoms with Crippen LogP contribution in [0.5, 0.6) is 11.5 Å². The summed E-state index contributed by atoms with van der Waals surface area (Å²) in [5.41, 5.74) is 1.23. The van der Waals surface area contributed by atoms with E-state index in [1.54, 1.807) is 57.5 Å². The van der Waals surface area contributed by atoms with E-state index in [1.807, 2.05) is 25.9 Å². The van der Waals surface area contributed by atoms with Crippen LogP contribution < -0.4 is 14.8 Å². The van der Waals surface area contributed by atoms with E-state index in [1.165, 1.54) is 15.3 Å². The van der Waals surface area contributed by atoms with E-state index in [0.29, 0.717) is 23.5 Å². The van der Waals surface area contributed by atoms with Gasteiger partial charge in [-0.05, 0) is 63.5 Å². The largest absolute Gasteiger partial charge is 0.497 e. The van der Waals surface area contributed by atoms with E-state index in [9.17, 15) is 18.3 Å². The van der Waals surface area contributed by atoms with Crippen LogP contribution in [0.3, 0.4) is 0 Å². The van der Waals surface area contributed by atoms with Crippen molar-refractivity contribution in [2.75, 3.05) is 59.8 Å². The van der Waals surface area contributed by atoms with Crippen molar-refractivity contribution in [1.29, 1.82) is 0 Å². The number of benzene rings is 2. The molecule has 11 heteroatoms. The highest BCUT2D eigenvalue weighted by Gasteiger charge is 2.38. The van der Waals surface area contributed by atoms with Crippen LogP contribution >= 0.6 is 0 Å². The van der Waals surface area contributed by atoms with E-state index in [2.05, 4.69) is 17.2 Å². The highest BCUT2D eigenvalue weighted by Crippen LogP contribution is 2.34. The van der Waals surface area contributed by atoms with Crippen molar-refractivity contribution in [1.82, 2.24) is 14.1 Å². The molecular weight excluding hydrogens is 520 g/mol. The molecule has 0 saturated carbocycles. The Kier molecular flexibility index (Phi) is 10.2. The number of hydrogen-bond donors (Lipinski definition) is 2. The number of urea groups is 1. The number of aliphatic hydroxyl groups is 1. The van der Waals surface area contributed by atoms with Crippen LogP contribution in [0.1, 0.15) is 19.4 Å². The number of fused-ring (bicyclic) bond motifs is 1. The molecule has 0 radical (unpaired) electrons. The van der Waals surface area contributed by atoms with Gasteiger partial charge in [-0.3, -0.25) is 4.90 Å². The summed E-state index contributed by atoms with van der Waals surface area (Å²) in [6.07, 6.45) is -0.538. The molecule has 10 nitrogen and oxygen atoms in total. The smallest absolute Gasteiger partial charge is 0.321 e. The maximum absolute atomic E-state index is 13.6. The summed E-state index contributed by atoms with van der Waals surface area (Å²) < 4.78 is 40.1. The van der Waals surface area contributed by atoms with Crippen LogP contribution in [0.25, 0.3) is 0 Å². The maximum Gasteiger partial charge on any atom is 0.321 e. The predicted octanol–water partition coefficient (Wildman–Crippen LogP) is 2.54. The number of methoxy groups -OCH3 is 1. The van der Waals surface area contributed by atoms with Gasteiger partial charge in [-0.1, -0.05) is 18.8 Å². The second kappa shape index (κ2) is 13.2. The van der Waals surface area contributed by atoms with Crippen LogP contribution in [-0.4, -0.2) is 100 Å². The molecule has 2 amide bonds. The third-order valence-corrected chi connectivity index (χ3v) is 8.46. The van der Waals surface area contributed by atoms with Gasteiger partial charge in [0.15, 0.2) is 0 Å². The van der Waals surface area contributed by atoms with Gasteiger partial charge in [0, 0.05) is 36.8 Å². The van der Waals surface area contributed by atoms with Gasteiger partial charge in [-0.15, -0.1) is 0 Å². The van der Waals surface area contributed by atoms with Crippen molar-refractivity contribution in [2.45, 2.75) is 30.9 Å². The highest BCUT2D eigenvalue weighted by molar-refractivity contribution is 7.89. The van der Waals surface area contributed by atoms with Gasteiger partial charge < -0.3 is 24.8 Å². The van der Waals surface area contributed by atoms with E-state index in [4.69, 9.17) is 9.47 Å². The second-order valence-electron chi connectivity index (χ2n) is 9.98. The maximum atomic E-state index is 13.6. The first-order chi connectivity index (χ1) is 18.5. The standard InChI is InChI=1S/C28H38N4O6S/c1-20-17-32(21(2)19-33)39(35,36)27-14-9-22(8-7-15-30(3)4)16-25(27)38-26(20)18-31(5)28(34)29-23-10-12-24(37-6)13-11-23/h9-14,16,20-21,26,33H,15,17-19H2,1-6H3,(H,29,34)/t20-,21-,26+/m0/s1. The first-order valence-electron chi connectivity index (χ1n) is 12.7. The molecule has 212 valence electrons. The molecule has 0 aromatic heterocycles. The monoisotopic (exact) mass is 558 g/mol. The summed E-state index contributed by atoms with van der Waals surface area (Å²) in [5.74, 6) is 6.64. The Bertz CT molecular complexity index is 1300. The summed E-state index contributed by atoms with van der Waals surface area (Å²) in [6.45, 7) is 4.07. The minimum absolute atomic E-state index is 0.00296. The van der Waals surface area contributed by atoms with E-state index < -0.39 is 22.2 Å². The zero-order valence-corrected chi connectivity index (χ0v) is 24.2. The summed E-state index contributed by atoms with van der Waals surface area (Å²) in [4.78, 5) is 16.4. The van der Waals surface area contributed by atoms with E-state index in [-0.39, 0.29) is 42.3 Å². The number of hydrogen-bond acceptors (Lipinski definition) is 7. The number of carbonyl (C=O) groups is 1. The Hall–Kier alpha value is -3.30. The number of anilines is 1. The molecule has 2 aromatic carbocycles. The third kappa shape index (κ3) is 7.64. The Morgan fingerprint density at radius 1 is 1.23 bits per heavy atom. The molecule has 1 aliphatic heterocycles. The Labute approximate surface area is 231 Å². The third-order valence-electron chi connectivity index (χ3n) is 6.44. The molecule has 3 atom stereocenters. The lowest BCUT2D eigenvalue weighted by Gasteiger charge is -2.37. The minimum atomic E-state index is -3.96. The molecule has 3 rings (SSSR count). The van der Waals surface area contributed by atoms with Crippen molar-refractivity contribution >= 4 is 21.7 Å². The highest BCUT2D eigenvalue weighted by atomic mass is 32.2. The lowest BCUT2D eigenvalue weighted by atomic mass is 10.0. The van der Waals surface area contributed by atoms with E-state index in [0.717, 1.165) is 0 Å². The Morgan fingerprint density at radius 2 is 1.92 bits per heavy atom. The fraction of sp³-hybridized carbons (Fsp3) is 0.464. The number of carbonyl (C=O) groups excluding carboxylic acids is 1. The molecule has 0 aliphatic carbocycles. The summed E-state index contributed by atoms with van der Waals surface area (Å²) in [6, 6.07) is 10.8. The molecular formula is C28H38N4O6S. The van der Waals surface area contributed by atoms with Gasteiger partial charge in [-0.25, -0.2) is 13.2 Å². The quantitative estimate of drug-likeness (QED) is 0.503. The van der Waals surface area contributed by atoms with Gasteiger partial charge in [-0.2, -0.15) is 4.31 Å². The summed E-state index contributed by atoms with van der Waals surface area (Å²) >= 11 is 0. The number of rotatable bonds is 7. The molecule has 1 aliphatic rings. The topological polar surface area (TPSA) is 112 Å². The van der Waals surface area contributed by atoms with Crippen LogP contribution in [0.2, 0.25) is 0 Å². The summed E-state index contributed by atoms with van der Waals surface area (Å²) in [5, 5.41) is 12.7. The summed E-state index contributed by atoms with van der Waals surface area (Å²) in [7, 11) is 3.09. The first kappa shape index (κ1) is 30.2. The zero-order valence-electron chi connectivity index (χ0n) is 23.3. The lowest BCUT2D eigenvalue weighted by Crippen LogP contribution is -2.50. The van der Waals surface area contributed by atoms with Gasteiger partial charge in [0.05, 0.1) is 26.8 Å². The zero-order chi connectivity index (χ0) is 28.7. The Balaban J connectivity index is 1.92. The molecule has 0 spiro atoms. The van der Waals surface area contributed by atoms with Gasteiger partial charge in [0.1, 0.15) is 22.5 Å². The molecule has 0 fully saturated rings. The SMILES string of the molecule is COc1ccc(NC(=O)N(C)C[C@H]2Oc3cc(C#CCN(C)C)ccc3S(=O)(=O)N([C@@H](C)CO)C[C@@H]2C)cc1. The van der Waals surface area contributed by atoms with Gasteiger partial charge >= 0.3 is 6.03 Å². The van der Waals surface area contributed by atoms with Crippen LogP contribution in [0, 0.1) is 17.8 Å². The number of likely N-dealkylation sites (N-methyl/N-ethyl adjacent to an activating group) is 1. The molecule has 0 unspecified atom stereocenters. The normalized spacial score (nSPS) is 19.4. The van der Waals surface area contributed by atoms with Gasteiger partial charge in [0.2, 0.25) is 10.0 Å². The van der Waals surface area contributed by atoms with Crippen LogP contribution in [0.15, 0.2) is 47.4 Å². The van der Waals surface area contributed by atoms with Crippen molar-refractivity contribution < 1.29 is 27.8 Å². The fourth-order valence-corrected chi connectivity index (χ4v) is 5.89. The average Bonchev–Trinajstić information content (AvgIpc) is 2.90. The molecule has 0 bridgehead atoms. The lowest BCUT2D eigenvalue weighted by molar-refractivity contribution is 0.0830. The number of aliphatic hydroxyl groups excluding tert-OH is 1. The number of nitrogens with one attached hydrogen (secondary N) is 1. The number of sulfonamides is 1. The molecule has 2 N–H and O–H groups in total. The second-order valence-corrected chi connectivity index (χ2v) is 11.8. The van der Waals surface area contributed by atoms with Crippen molar-refractivity contribution in [3.8, 4) is 23.3 Å². The van der Waals surface area contributed by atoms with Crippen molar-refractivity contribution in [3.63, 3.8) is 0 Å². The van der Waals surface area contributed by atoms with Crippen LogP contribution in [-0.2, 0) is 10.0 Å². The van der Waals surface area contributed by atoms with E-state index >= 15 is 0 Å². The Morgan fingerprint density at radius 3 is 2.54 bits per heavy atom. The predicted molar refractivity (Wildman–Crippen MR) is 151 cm³/mol. The fourth-order valence-electron chi connectivity index (χ4n) is 4.07. The first-order valence-corrected chi connectivity index (χ1v) is 14.1. The molecule has 39 heavy (non-hydrogen) atoms. The molecule has 0 saturated heterocycles. The number of ether oxygens (including phenoxy) is 2. The molecule has 2 aromatic rings. The van der Waals surface area contributed by atoms with Crippen LogP contribution in [0.4, 0.5) is 10.5 Å².